The molecule has 0 aromatic carbocycles. The van der Waals surface area contributed by atoms with Gasteiger partial charge < -0.3 is 4.74 Å². The first-order chi connectivity index (χ1) is 6.74. The molecule has 2 heterocycles. The lowest BCUT2D eigenvalue weighted by Crippen LogP contribution is -1.90. The fourth-order valence-corrected chi connectivity index (χ4v) is 1.01. The number of ether oxygens (including phenoxy) is 1. The number of hydrogen-bond donors (Lipinski definition) is 1. The van der Waals surface area contributed by atoms with Crippen LogP contribution in [0.1, 0.15) is 5.69 Å². The lowest BCUT2D eigenvalue weighted by Gasteiger charge is -1.97. The number of H-pyrrole nitrogens is 1. The van der Waals surface area contributed by atoms with Gasteiger partial charge in [0, 0.05) is 17.8 Å². The number of hydrogen-bond acceptors (Lipinski definition) is 4. The van der Waals surface area contributed by atoms with Crippen LogP contribution in [0.2, 0.25) is 5.15 Å². The van der Waals surface area contributed by atoms with Crippen molar-refractivity contribution in [3.8, 4) is 11.8 Å². The monoisotopic (exact) mass is 210 g/mol. The van der Waals surface area contributed by atoms with E-state index in [4.69, 9.17) is 16.3 Å². The highest BCUT2D eigenvalue weighted by molar-refractivity contribution is 6.29. The Morgan fingerprint density at radius 1 is 1.29 bits per heavy atom. The van der Waals surface area contributed by atoms with Gasteiger partial charge in [-0.15, -0.1) is 15.3 Å². The fourth-order valence-electron chi connectivity index (χ4n) is 0.911. The summed E-state index contributed by atoms with van der Waals surface area (Å²) in [5.74, 6) is 0.819. The van der Waals surface area contributed by atoms with E-state index in [1.165, 1.54) is 0 Å². The topological polar surface area (TPSA) is 63.7 Å². The molecule has 0 unspecified atom stereocenters. The first-order valence-electron chi connectivity index (χ1n) is 3.93. The summed E-state index contributed by atoms with van der Waals surface area (Å²) >= 11 is 5.57. The number of aryl methyl sites for hydroxylation is 1. The van der Waals surface area contributed by atoms with Crippen molar-refractivity contribution in [2.75, 3.05) is 0 Å². The van der Waals surface area contributed by atoms with Gasteiger partial charge in [-0.1, -0.05) is 11.6 Å². The van der Waals surface area contributed by atoms with Crippen molar-refractivity contribution in [1.82, 2.24) is 20.4 Å². The van der Waals surface area contributed by atoms with E-state index >= 15 is 0 Å². The van der Waals surface area contributed by atoms with Gasteiger partial charge in [-0.25, -0.2) is 0 Å². The van der Waals surface area contributed by atoms with Crippen molar-refractivity contribution in [2.45, 2.75) is 6.92 Å². The maximum Gasteiger partial charge on any atom is 0.240 e. The Hall–Kier alpha value is -1.62. The van der Waals surface area contributed by atoms with E-state index in [0.29, 0.717) is 16.9 Å². The number of nitrogens with zero attached hydrogens (tertiary/aromatic N) is 3. The number of halogens is 1. The second-order valence-corrected chi connectivity index (χ2v) is 3.07. The molecule has 0 atom stereocenters. The molecule has 0 radical (unpaired) electrons. The molecule has 0 aliphatic heterocycles. The second kappa shape index (κ2) is 3.63. The molecule has 1 N–H and O–H groups in total. The summed E-state index contributed by atoms with van der Waals surface area (Å²) in [6.45, 7) is 1.88. The molecule has 0 bridgehead atoms. The summed E-state index contributed by atoms with van der Waals surface area (Å²) in [4.78, 5) is 0. The van der Waals surface area contributed by atoms with Crippen LogP contribution in [-0.2, 0) is 0 Å². The van der Waals surface area contributed by atoms with Crippen LogP contribution in [0.25, 0.3) is 0 Å². The van der Waals surface area contributed by atoms with Crippen molar-refractivity contribution < 1.29 is 4.74 Å². The molecule has 5 nitrogen and oxygen atoms in total. The second-order valence-electron chi connectivity index (χ2n) is 2.69. The minimum atomic E-state index is 0.329. The fraction of sp³-hybridized carbons (Fsp3) is 0.125. The molecule has 0 saturated carbocycles. The summed E-state index contributed by atoms with van der Waals surface area (Å²) in [6.07, 6.45) is 0. The summed E-state index contributed by atoms with van der Waals surface area (Å²) in [7, 11) is 0. The maximum absolute atomic E-state index is 5.57. The quantitative estimate of drug-likeness (QED) is 0.823. The summed E-state index contributed by atoms with van der Waals surface area (Å²) in [5, 5.41) is 14.3. The third kappa shape index (κ3) is 2.00. The summed E-state index contributed by atoms with van der Waals surface area (Å²) in [6, 6.07) is 4.99. The SMILES string of the molecule is Cc1cc(Oc2ccc(Cl)nn2)n[nH]1. The lowest BCUT2D eigenvalue weighted by atomic mass is 10.5. The van der Waals surface area contributed by atoms with E-state index < -0.39 is 0 Å². The molecule has 0 spiro atoms. The lowest BCUT2D eigenvalue weighted by molar-refractivity contribution is 0.436. The predicted molar refractivity (Wildman–Crippen MR) is 50.4 cm³/mol. The molecule has 0 fully saturated rings. The molecule has 0 aliphatic carbocycles. The molecule has 6 heteroatoms. The molecule has 2 aromatic heterocycles. The largest absolute Gasteiger partial charge is 0.417 e. The minimum Gasteiger partial charge on any atom is -0.417 e. The molecule has 2 aromatic rings. The van der Waals surface area contributed by atoms with Gasteiger partial charge in [0.1, 0.15) is 0 Å². The average Bonchev–Trinajstić information content (AvgIpc) is 2.56. The van der Waals surface area contributed by atoms with Gasteiger partial charge in [0.05, 0.1) is 0 Å². The first kappa shape index (κ1) is 8.96. The highest BCUT2D eigenvalue weighted by Gasteiger charge is 2.02. The minimum absolute atomic E-state index is 0.329. The van der Waals surface area contributed by atoms with Gasteiger partial charge in [-0.3, -0.25) is 5.10 Å². The van der Waals surface area contributed by atoms with Crippen LogP contribution < -0.4 is 4.74 Å². The van der Waals surface area contributed by atoms with Crippen LogP contribution in [0.5, 0.6) is 11.8 Å². The number of rotatable bonds is 2. The smallest absolute Gasteiger partial charge is 0.240 e. The molecule has 14 heavy (non-hydrogen) atoms. The van der Waals surface area contributed by atoms with E-state index in [2.05, 4.69) is 20.4 Å². The Morgan fingerprint density at radius 2 is 2.14 bits per heavy atom. The van der Waals surface area contributed by atoms with Crippen LogP contribution in [-0.4, -0.2) is 20.4 Å². The highest BCUT2D eigenvalue weighted by Crippen LogP contribution is 2.17. The molecular weight excluding hydrogens is 204 g/mol. The highest BCUT2D eigenvalue weighted by atomic mass is 35.5. The number of nitrogens with one attached hydrogen (secondary N) is 1. The Balaban J connectivity index is 2.15. The van der Waals surface area contributed by atoms with Gasteiger partial charge >= 0.3 is 0 Å². The van der Waals surface area contributed by atoms with E-state index in [1.54, 1.807) is 18.2 Å². The Kier molecular flexibility index (Phi) is 2.32. The van der Waals surface area contributed by atoms with Crippen LogP contribution in [0.3, 0.4) is 0 Å². The average molecular weight is 211 g/mol. The zero-order valence-corrected chi connectivity index (χ0v) is 8.12. The predicted octanol–water partition coefficient (Wildman–Crippen LogP) is 1.95. The van der Waals surface area contributed by atoms with Gasteiger partial charge in [-0.2, -0.15) is 0 Å². The van der Waals surface area contributed by atoms with Gasteiger partial charge in [-0.05, 0) is 13.0 Å². The zero-order chi connectivity index (χ0) is 9.97. The van der Waals surface area contributed by atoms with Crippen molar-refractivity contribution in [2.24, 2.45) is 0 Å². The molecule has 0 aliphatic rings. The van der Waals surface area contributed by atoms with E-state index in [9.17, 15) is 0 Å². The Labute approximate surface area is 85.1 Å². The normalized spacial score (nSPS) is 10.1. The van der Waals surface area contributed by atoms with E-state index in [0.717, 1.165) is 5.69 Å². The zero-order valence-electron chi connectivity index (χ0n) is 7.36. The van der Waals surface area contributed by atoms with Crippen LogP contribution in [0.15, 0.2) is 18.2 Å². The molecule has 0 amide bonds. The van der Waals surface area contributed by atoms with Crippen molar-refractivity contribution in [3.63, 3.8) is 0 Å². The summed E-state index contributed by atoms with van der Waals surface area (Å²) in [5.41, 5.74) is 0.918. The number of aromatic amines is 1. The van der Waals surface area contributed by atoms with Gasteiger partial charge in [0.2, 0.25) is 11.8 Å². The number of aromatic nitrogens is 4. The molecular formula is C8H7ClN4O. The Morgan fingerprint density at radius 3 is 2.71 bits per heavy atom. The molecule has 2 rings (SSSR count). The third-order valence-electron chi connectivity index (χ3n) is 1.50. The maximum atomic E-state index is 5.57. The Bertz CT molecular complexity index is 425. The van der Waals surface area contributed by atoms with Crippen LogP contribution >= 0.6 is 11.6 Å². The summed E-state index contributed by atoms with van der Waals surface area (Å²) < 4.78 is 5.28. The molecule has 72 valence electrons. The first-order valence-corrected chi connectivity index (χ1v) is 4.31. The van der Waals surface area contributed by atoms with Crippen molar-refractivity contribution in [3.05, 3.63) is 29.0 Å². The van der Waals surface area contributed by atoms with Crippen LogP contribution in [0, 0.1) is 6.92 Å². The van der Waals surface area contributed by atoms with Gasteiger partial charge in [0.25, 0.3) is 0 Å². The van der Waals surface area contributed by atoms with Gasteiger partial charge in [0.15, 0.2) is 5.15 Å². The van der Waals surface area contributed by atoms with E-state index in [1.807, 2.05) is 6.92 Å². The standard InChI is InChI=1S/C8H7ClN4O/c1-5-4-8(13-10-5)14-7-3-2-6(9)11-12-7/h2-4H,1H3,(H,10,13). The van der Waals surface area contributed by atoms with E-state index in [-0.39, 0.29) is 0 Å². The van der Waals surface area contributed by atoms with Crippen molar-refractivity contribution >= 4 is 11.6 Å². The third-order valence-corrected chi connectivity index (χ3v) is 1.70. The molecule has 0 saturated heterocycles. The van der Waals surface area contributed by atoms with Crippen molar-refractivity contribution in [1.29, 1.82) is 0 Å². The van der Waals surface area contributed by atoms with Crippen LogP contribution in [0.4, 0.5) is 0 Å².